The molecule has 4 heteroatoms. The first-order valence-electron chi connectivity index (χ1n) is 4.32. The van der Waals surface area contributed by atoms with Gasteiger partial charge in [0, 0.05) is 10.0 Å². The van der Waals surface area contributed by atoms with Gasteiger partial charge in [-0.1, -0.05) is 15.9 Å². The van der Waals surface area contributed by atoms with Crippen molar-refractivity contribution in [2.24, 2.45) is 0 Å². The van der Waals surface area contributed by atoms with Crippen molar-refractivity contribution in [2.75, 3.05) is 0 Å². The number of nitrogens with zero attached hydrogens (tertiary/aromatic N) is 2. The second-order valence-corrected chi connectivity index (χ2v) is 4.06. The van der Waals surface area contributed by atoms with E-state index < -0.39 is 0 Å². The van der Waals surface area contributed by atoms with Crippen LogP contribution in [-0.4, -0.2) is 15.2 Å². The third-order valence-corrected chi connectivity index (χ3v) is 2.90. The Kier molecular flexibility index (Phi) is 2.37. The van der Waals surface area contributed by atoms with Gasteiger partial charge in [0.15, 0.2) is 5.82 Å². The molecule has 0 amide bonds. The fourth-order valence-corrected chi connectivity index (χ4v) is 1.50. The highest BCUT2D eigenvalue weighted by atomic mass is 79.9. The number of benzene rings is 1. The molecule has 1 N–H and O–H groups in total. The van der Waals surface area contributed by atoms with Gasteiger partial charge in [0.05, 0.1) is 0 Å². The normalized spacial score (nSPS) is 10.5. The fourth-order valence-electron chi connectivity index (χ4n) is 1.26. The van der Waals surface area contributed by atoms with Gasteiger partial charge in [0.1, 0.15) is 5.82 Å². The third-order valence-electron chi connectivity index (χ3n) is 2.01. The summed E-state index contributed by atoms with van der Waals surface area (Å²) in [6.45, 7) is 3.94. The molecule has 0 unspecified atom stereocenters. The standard InChI is InChI=1S/C10H10BrN3/c1-6-5-8(3-4-9(6)11)10-12-7(2)13-14-10/h3-5H,1-2H3,(H,12,13,14). The molecule has 0 atom stereocenters. The van der Waals surface area contributed by atoms with Gasteiger partial charge in [-0.05, 0) is 37.6 Å². The molecule has 0 aliphatic rings. The summed E-state index contributed by atoms with van der Waals surface area (Å²) < 4.78 is 1.11. The summed E-state index contributed by atoms with van der Waals surface area (Å²) in [5, 5.41) is 6.93. The highest BCUT2D eigenvalue weighted by molar-refractivity contribution is 9.10. The summed E-state index contributed by atoms with van der Waals surface area (Å²) in [5.41, 5.74) is 2.22. The van der Waals surface area contributed by atoms with Crippen LogP contribution < -0.4 is 0 Å². The molecule has 1 heterocycles. The van der Waals surface area contributed by atoms with E-state index in [1.54, 1.807) is 0 Å². The minimum absolute atomic E-state index is 0.748. The quantitative estimate of drug-likeness (QED) is 0.847. The Balaban J connectivity index is 2.47. The van der Waals surface area contributed by atoms with Crippen molar-refractivity contribution in [1.82, 2.24) is 15.2 Å². The molecule has 0 saturated heterocycles. The van der Waals surface area contributed by atoms with Gasteiger partial charge in [0.2, 0.25) is 0 Å². The van der Waals surface area contributed by atoms with Crippen molar-refractivity contribution < 1.29 is 0 Å². The zero-order valence-corrected chi connectivity index (χ0v) is 9.59. The lowest BCUT2D eigenvalue weighted by Gasteiger charge is -1.99. The number of halogens is 1. The Morgan fingerprint density at radius 2 is 2.07 bits per heavy atom. The second-order valence-electron chi connectivity index (χ2n) is 3.21. The van der Waals surface area contributed by atoms with Crippen LogP contribution in [0.2, 0.25) is 0 Å². The van der Waals surface area contributed by atoms with Gasteiger partial charge in [-0.2, -0.15) is 5.10 Å². The molecule has 0 radical (unpaired) electrons. The van der Waals surface area contributed by atoms with Gasteiger partial charge >= 0.3 is 0 Å². The smallest absolute Gasteiger partial charge is 0.181 e. The van der Waals surface area contributed by atoms with Crippen molar-refractivity contribution in [3.63, 3.8) is 0 Å². The number of aromatic amines is 1. The second kappa shape index (κ2) is 3.53. The zero-order valence-electron chi connectivity index (χ0n) is 8.00. The lowest BCUT2D eigenvalue weighted by atomic mass is 10.1. The number of hydrogen-bond donors (Lipinski definition) is 1. The van der Waals surface area contributed by atoms with Crippen LogP contribution in [0, 0.1) is 13.8 Å². The van der Waals surface area contributed by atoms with Crippen LogP contribution in [0.15, 0.2) is 22.7 Å². The summed E-state index contributed by atoms with van der Waals surface area (Å²) >= 11 is 3.46. The van der Waals surface area contributed by atoms with Crippen molar-refractivity contribution in [1.29, 1.82) is 0 Å². The molecule has 14 heavy (non-hydrogen) atoms. The SMILES string of the molecule is Cc1nc(-c2ccc(Br)c(C)c2)n[nH]1. The van der Waals surface area contributed by atoms with E-state index in [-0.39, 0.29) is 0 Å². The maximum absolute atomic E-state index is 4.27. The minimum Gasteiger partial charge on any atom is -0.263 e. The van der Waals surface area contributed by atoms with E-state index in [0.717, 1.165) is 21.7 Å². The molecule has 3 nitrogen and oxygen atoms in total. The molecule has 0 bridgehead atoms. The van der Waals surface area contributed by atoms with Crippen LogP contribution >= 0.6 is 15.9 Å². The lowest BCUT2D eigenvalue weighted by molar-refractivity contribution is 1.04. The van der Waals surface area contributed by atoms with Gasteiger partial charge in [-0.3, -0.25) is 5.10 Å². The fraction of sp³-hybridized carbons (Fsp3) is 0.200. The Morgan fingerprint density at radius 1 is 1.29 bits per heavy atom. The van der Waals surface area contributed by atoms with Gasteiger partial charge in [-0.25, -0.2) is 4.98 Å². The number of aromatic nitrogens is 3. The zero-order chi connectivity index (χ0) is 10.1. The molecular weight excluding hydrogens is 242 g/mol. The van der Waals surface area contributed by atoms with Gasteiger partial charge < -0.3 is 0 Å². The van der Waals surface area contributed by atoms with Crippen LogP contribution in [0.25, 0.3) is 11.4 Å². The monoisotopic (exact) mass is 251 g/mol. The van der Waals surface area contributed by atoms with E-state index in [4.69, 9.17) is 0 Å². The van der Waals surface area contributed by atoms with Gasteiger partial charge in [-0.15, -0.1) is 0 Å². The summed E-state index contributed by atoms with van der Waals surface area (Å²) in [5.74, 6) is 1.58. The van der Waals surface area contributed by atoms with Gasteiger partial charge in [0.25, 0.3) is 0 Å². The minimum atomic E-state index is 0.748. The van der Waals surface area contributed by atoms with Crippen molar-refractivity contribution in [3.05, 3.63) is 34.1 Å². The lowest BCUT2D eigenvalue weighted by Crippen LogP contribution is -1.83. The number of nitrogens with one attached hydrogen (secondary N) is 1. The summed E-state index contributed by atoms with van der Waals surface area (Å²) in [7, 11) is 0. The van der Waals surface area contributed by atoms with E-state index in [0.29, 0.717) is 0 Å². The number of H-pyrrole nitrogens is 1. The molecule has 0 saturated carbocycles. The predicted molar refractivity (Wildman–Crippen MR) is 59.0 cm³/mol. The first kappa shape index (κ1) is 9.40. The maximum atomic E-state index is 4.27. The molecule has 0 spiro atoms. The summed E-state index contributed by atoms with van der Waals surface area (Å²) in [4.78, 5) is 4.27. The van der Waals surface area contributed by atoms with Crippen LogP contribution in [0.3, 0.4) is 0 Å². The Hall–Kier alpha value is -1.16. The maximum Gasteiger partial charge on any atom is 0.181 e. The van der Waals surface area contributed by atoms with E-state index in [9.17, 15) is 0 Å². The molecule has 1 aromatic heterocycles. The first-order chi connectivity index (χ1) is 6.66. The Labute approximate surface area is 90.7 Å². The topological polar surface area (TPSA) is 41.6 Å². The molecule has 0 aliphatic heterocycles. The van der Waals surface area contributed by atoms with E-state index in [1.165, 1.54) is 5.56 Å². The average molecular weight is 252 g/mol. The molecule has 1 aromatic carbocycles. The largest absolute Gasteiger partial charge is 0.263 e. The predicted octanol–water partition coefficient (Wildman–Crippen LogP) is 2.85. The Morgan fingerprint density at radius 3 is 2.64 bits per heavy atom. The highest BCUT2D eigenvalue weighted by Gasteiger charge is 2.04. The molecular formula is C10H10BrN3. The van der Waals surface area contributed by atoms with Crippen LogP contribution in [-0.2, 0) is 0 Å². The van der Waals surface area contributed by atoms with Crippen LogP contribution in [0.5, 0.6) is 0 Å². The molecule has 0 fully saturated rings. The third kappa shape index (κ3) is 1.70. The van der Waals surface area contributed by atoms with Crippen LogP contribution in [0.4, 0.5) is 0 Å². The highest BCUT2D eigenvalue weighted by Crippen LogP contribution is 2.22. The number of hydrogen-bond acceptors (Lipinski definition) is 2. The van der Waals surface area contributed by atoms with E-state index >= 15 is 0 Å². The van der Waals surface area contributed by atoms with E-state index in [2.05, 4.69) is 37.2 Å². The molecule has 2 aromatic rings. The summed E-state index contributed by atoms with van der Waals surface area (Å²) in [6, 6.07) is 6.07. The number of aryl methyl sites for hydroxylation is 2. The first-order valence-corrected chi connectivity index (χ1v) is 5.11. The van der Waals surface area contributed by atoms with Crippen molar-refractivity contribution >= 4 is 15.9 Å². The molecule has 72 valence electrons. The van der Waals surface area contributed by atoms with Crippen molar-refractivity contribution in [3.8, 4) is 11.4 Å². The molecule has 2 rings (SSSR count). The van der Waals surface area contributed by atoms with Crippen molar-refractivity contribution in [2.45, 2.75) is 13.8 Å². The van der Waals surface area contributed by atoms with Crippen LogP contribution in [0.1, 0.15) is 11.4 Å². The summed E-state index contributed by atoms with van der Waals surface area (Å²) in [6.07, 6.45) is 0. The average Bonchev–Trinajstić information content (AvgIpc) is 2.57. The van der Waals surface area contributed by atoms with E-state index in [1.807, 2.05) is 26.0 Å². The Bertz CT molecular complexity index is 462. The number of rotatable bonds is 1. The molecule has 0 aliphatic carbocycles.